The van der Waals surface area contributed by atoms with Crippen molar-refractivity contribution >= 4 is 0 Å². The van der Waals surface area contributed by atoms with Gasteiger partial charge in [0.05, 0.1) is 0 Å². The molecule has 0 aromatic carbocycles. The largest absolute Gasteiger partial charge is 0.264 e. The molecule has 2 heterocycles. The monoisotopic (exact) mass is 169 g/mol. The van der Waals surface area contributed by atoms with Crippen LogP contribution in [0.25, 0.3) is 0 Å². The Bertz CT molecular complexity index is 319. The Balaban J connectivity index is 2.16. The molecule has 0 fully saturated rings. The lowest BCUT2D eigenvalue weighted by molar-refractivity contribution is 1.20. The molecule has 2 aromatic rings. The molecule has 1 radical (unpaired) electrons. The summed E-state index contributed by atoms with van der Waals surface area (Å²) in [6.45, 7) is 0. The first-order chi connectivity index (χ1) is 6.45. The van der Waals surface area contributed by atoms with Gasteiger partial charge in [0, 0.05) is 30.7 Å². The predicted molar refractivity (Wildman–Crippen MR) is 51.0 cm³/mol. The third-order valence-electron chi connectivity index (χ3n) is 1.69. The molecule has 13 heavy (non-hydrogen) atoms. The molecule has 0 amide bonds. The fourth-order valence-electron chi connectivity index (χ4n) is 1.09. The average Bonchev–Trinajstić information content (AvgIpc) is 2.21. The topological polar surface area (TPSA) is 25.8 Å². The van der Waals surface area contributed by atoms with Gasteiger partial charge in [-0.15, -0.1) is 0 Å². The Hall–Kier alpha value is -1.70. The van der Waals surface area contributed by atoms with Crippen LogP contribution in [-0.4, -0.2) is 9.97 Å². The Kier molecular flexibility index (Phi) is 2.32. The van der Waals surface area contributed by atoms with Crippen LogP contribution in [0.4, 0.5) is 0 Å². The van der Waals surface area contributed by atoms with Crippen LogP contribution in [0.5, 0.6) is 0 Å². The van der Waals surface area contributed by atoms with Gasteiger partial charge in [-0.1, -0.05) is 12.1 Å². The molecule has 2 heteroatoms. The molecular weight excluding hydrogens is 160 g/mol. The van der Waals surface area contributed by atoms with Crippen molar-refractivity contribution in [1.29, 1.82) is 0 Å². The van der Waals surface area contributed by atoms with Crippen LogP contribution in [0.1, 0.15) is 11.3 Å². The zero-order valence-corrected chi connectivity index (χ0v) is 7.09. The molecule has 2 rings (SSSR count). The number of rotatable bonds is 2. The van der Waals surface area contributed by atoms with Crippen LogP contribution < -0.4 is 0 Å². The molecule has 0 aliphatic rings. The normalized spacial score (nSPS) is 9.85. The van der Waals surface area contributed by atoms with E-state index in [4.69, 9.17) is 0 Å². The first kappa shape index (κ1) is 7.92. The number of pyridine rings is 2. The minimum atomic E-state index is 0.954. The maximum Gasteiger partial charge on any atom is 0.0489 e. The first-order valence-electron chi connectivity index (χ1n) is 4.11. The van der Waals surface area contributed by atoms with Gasteiger partial charge < -0.3 is 0 Å². The standard InChI is InChI=1S/C11H9N2/c1-2-7-13-11(5-1)8-10-4-3-6-12-9-10/h1-9H. The average molecular weight is 169 g/mol. The van der Waals surface area contributed by atoms with Gasteiger partial charge >= 0.3 is 0 Å². The van der Waals surface area contributed by atoms with Crippen molar-refractivity contribution in [2.24, 2.45) is 0 Å². The van der Waals surface area contributed by atoms with E-state index in [0.717, 1.165) is 11.3 Å². The second-order valence-corrected chi connectivity index (χ2v) is 2.69. The summed E-state index contributed by atoms with van der Waals surface area (Å²) < 4.78 is 0. The third-order valence-corrected chi connectivity index (χ3v) is 1.69. The van der Waals surface area contributed by atoms with Crippen molar-refractivity contribution in [2.75, 3.05) is 0 Å². The maximum atomic E-state index is 4.19. The summed E-state index contributed by atoms with van der Waals surface area (Å²) in [5, 5.41) is 0. The lowest BCUT2D eigenvalue weighted by Gasteiger charge is -1.97. The fraction of sp³-hybridized carbons (Fsp3) is 0. The van der Waals surface area contributed by atoms with Gasteiger partial charge in [0.2, 0.25) is 0 Å². The van der Waals surface area contributed by atoms with Crippen molar-refractivity contribution in [3.05, 3.63) is 66.6 Å². The van der Waals surface area contributed by atoms with Crippen LogP contribution >= 0.6 is 0 Å². The quantitative estimate of drug-likeness (QED) is 0.687. The molecule has 0 unspecified atom stereocenters. The van der Waals surface area contributed by atoms with Crippen molar-refractivity contribution in [2.45, 2.75) is 0 Å². The minimum Gasteiger partial charge on any atom is -0.264 e. The van der Waals surface area contributed by atoms with Gasteiger partial charge in [0.15, 0.2) is 0 Å². The van der Waals surface area contributed by atoms with E-state index >= 15 is 0 Å². The van der Waals surface area contributed by atoms with Gasteiger partial charge in [0.25, 0.3) is 0 Å². The van der Waals surface area contributed by atoms with E-state index in [-0.39, 0.29) is 0 Å². The molecule has 2 nitrogen and oxygen atoms in total. The Morgan fingerprint density at radius 3 is 2.69 bits per heavy atom. The second-order valence-electron chi connectivity index (χ2n) is 2.69. The van der Waals surface area contributed by atoms with Crippen molar-refractivity contribution in [1.82, 2.24) is 9.97 Å². The van der Waals surface area contributed by atoms with Crippen LogP contribution in [0.2, 0.25) is 0 Å². The van der Waals surface area contributed by atoms with E-state index in [1.165, 1.54) is 0 Å². The van der Waals surface area contributed by atoms with Crippen molar-refractivity contribution < 1.29 is 0 Å². The number of hydrogen-bond acceptors (Lipinski definition) is 2. The molecule has 0 aliphatic carbocycles. The third kappa shape index (κ3) is 2.12. The lowest BCUT2D eigenvalue weighted by Crippen LogP contribution is -1.88. The Morgan fingerprint density at radius 1 is 1.00 bits per heavy atom. The van der Waals surface area contributed by atoms with E-state index in [2.05, 4.69) is 9.97 Å². The summed E-state index contributed by atoms with van der Waals surface area (Å²) in [6.07, 6.45) is 7.35. The SMILES string of the molecule is [CH](c1cccnc1)c1ccccn1. The Morgan fingerprint density at radius 2 is 2.00 bits per heavy atom. The van der Waals surface area contributed by atoms with Crippen LogP contribution in [-0.2, 0) is 0 Å². The molecule has 0 saturated heterocycles. The fourth-order valence-corrected chi connectivity index (χ4v) is 1.09. The van der Waals surface area contributed by atoms with E-state index in [0.29, 0.717) is 0 Å². The molecule has 0 bridgehead atoms. The molecule has 0 atom stereocenters. The summed E-state index contributed by atoms with van der Waals surface area (Å²) in [7, 11) is 0. The highest BCUT2D eigenvalue weighted by molar-refractivity contribution is 5.30. The molecule has 0 N–H and O–H groups in total. The van der Waals surface area contributed by atoms with Crippen LogP contribution in [0, 0.1) is 6.42 Å². The number of aromatic nitrogens is 2. The van der Waals surface area contributed by atoms with E-state index in [9.17, 15) is 0 Å². The zero-order valence-electron chi connectivity index (χ0n) is 7.09. The second kappa shape index (κ2) is 3.81. The summed E-state index contributed by atoms with van der Waals surface area (Å²) in [5.41, 5.74) is 2.02. The van der Waals surface area contributed by atoms with E-state index in [1.807, 2.05) is 42.9 Å². The maximum absolute atomic E-state index is 4.19. The Labute approximate surface area is 77.3 Å². The van der Waals surface area contributed by atoms with Gasteiger partial charge in [0.1, 0.15) is 0 Å². The molecule has 0 saturated carbocycles. The zero-order chi connectivity index (χ0) is 8.93. The summed E-state index contributed by atoms with van der Waals surface area (Å²) in [5.74, 6) is 0. The van der Waals surface area contributed by atoms with Crippen LogP contribution in [0.15, 0.2) is 48.9 Å². The summed E-state index contributed by atoms with van der Waals surface area (Å²) in [4.78, 5) is 8.21. The lowest BCUT2D eigenvalue weighted by atomic mass is 10.1. The van der Waals surface area contributed by atoms with Gasteiger partial charge in [-0.25, -0.2) is 0 Å². The predicted octanol–water partition coefficient (Wildman–Crippen LogP) is 2.08. The highest BCUT2D eigenvalue weighted by atomic mass is 14.7. The van der Waals surface area contributed by atoms with E-state index < -0.39 is 0 Å². The first-order valence-corrected chi connectivity index (χ1v) is 4.11. The number of hydrogen-bond donors (Lipinski definition) is 0. The number of nitrogens with zero attached hydrogens (tertiary/aromatic N) is 2. The van der Waals surface area contributed by atoms with E-state index in [1.54, 1.807) is 12.4 Å². The molecule has 0 spiro atoms. The van der Waals surface area contributed by atoms with Crippen molar-refractivity contribution in [3.8, 4) is 0 Å². The molecule has 0 aliphatic heterocycles. The van der Waals surface area contributed by atoms with Crippen molar-refractivity contribution in [3.63, 3.8) is 0 Å². The molecule has 63 valence electrons. The summed E-state index contributed by atoms with van der Waals surface area (Å²) >= 11 is 0. The highest BCUT2D eigenvalue weighted by Gasteiger charge is 1.95. The van der Waals surface area contributed by atoms with Gasteiger partial charge in [-0.2, -0.15) is 0 Å². The van der Waals surface area contributed by atoms with Gasteiger partial charge in [-0.3, -0.25) is 9.97 Å². The molecule has 2 aromatic heterocycles. The smallest absolute Gasteiger partial charge is 0.0489 e. The van der Waals surface area contributed by atoms with Gasteiger partial charge in [-0.05, 0) is 23.8 Å². The minimum absolute atomic E-state index is 0.954. The summed E-state index contributed by atoms with van der Waals surface area (Å²) in [6, 6.07) is 9.75. The highest BCUT2D eigenvalue weighted by Crippen LogP contribution is 2.06. The van der Waals surface area contributed by atoms with Crippen LogP contribution in [0.3, 0.4) is 0 Å². The molecular formula is C11H9N2.